The highest BCUT2D eigenvalue weighted by atomic mass is 19.4. The molecule has 18 atom stereocenters. The molecule has 11 heteroatoms. The Morgan fingerprint density at radius 1 is 0.581 bits per heavy atom. The van der Waals surface area contributed by atoms with E-state index in [1.807, 2.05) is 0 Å². The SMILES string of the molecule is COC(=O)CC[C@@H](C)[C@H]1CC[C@H]2[C@@H]3CC[C@H]4C[C@](O)(C(F)(F)F)CC[C@]4(C)[C@H]3CC[C@]12C.C[C@H](CCCO)[C@H]1CC[C@H]2[C@@H]3CC[C@H]4C[C@](O)(C(F)(F)F)CC[C@]4(C)[C@H]3CC[C@]12C. The zero-order valence-electron chi connectivity index (χ0n) is 39.1. The molecule has 8 rings (SSSR count). The zero-order valence-corrected chi connectivity index (χ0v) is 39.1. The molecule has 358 valence electrons. The number of alkyl halides is 6. The first-order chi connectivity index (χ1) is 28.8. The van der Waals surface area contributed by atoms with Crippen molar-refractivity contribution in [2.75, 3.05) is 13.7 Å². The van der Waals surface area contributed by atoms with Crippen molar-refractivity contribution in [1.82, 2.24) is 0 Å². The quantitative estimate of drug-likeness (QED) is 0.167. The highest BCUT2D eigenvalue weighted by molar-refractivity contribution is 5.69. The van der Waals surface area contributed by atoms with Gasteiger partial charge in [-0.2, -0.15) is 26.3 Å². The van der Waals surface area contributed by atoms with Crippen LogP contribution in [0.25, 0.3) is 0 Å². The van der Waals surface area contributed by atoms with Crippen molar-refractivity contribution >= 4 is 5.97 Å². The van der Waals surface area contributed by atoms with Crippen LogP contribution < -0.4 is 0 Å². The van der Waals surface area contributed by atoms with Gasteiger partial charge in [0.25, 0.3) is 0 Å². The van der Waals surface area contributed by atoms with Crippen molar-refractivity contribution in [3.05, 3.63) is 0 Å². The Balaban J connectivity index is 0.000000187. The number of hydrogen-bond acceptors (Lipinski definition) is 5. The van der Waals surface area contributed by atoms with Gasteiger partial charge >= 0.3 is 18.3 Å². The smallest absolute Gasteiger partial charge is 0.417 e. The molecule has 0 bridgehead atoms. The third-order valence-electron chi connectivity index (χ3n) is 21.9. The van der Waals surface area contributed by atoms with Crippen molar-refractivity contribution in [2.24, 2.45) is 92.7 Å². The van der Waals surface area contributed by atoms with Crippen molar-refractivity contribution in [1.29, 1.82) is 0 Å². The van der Waals surface area contributed by atoms with Gasteiger partial charge in [0.05, 0.1) is 7.11 Å². The van der Waals surface area contributed by atoms with E-state index in [1.54, 1.807) is 0 Å². The van der Waals surface area contributed by atoms with Crippen LogP contribution in [0.3, 0.4) is 0 Å². The Morgan fingerprint density at radius 2 is 0.984 bits per heavy atom. The molecule has 8 fully saturated rings. The van der Waals surface area contributed by atoms with E-state index in [0.29, 0.717) is 83.9 Å². The molecule has 8 saturated carbocycles. The Kier molecular flexibility index (Phi) is 13.6. The van der Waals surface area contributed by atoms with E-state index in [4.69, 9.17) is 4.74 Å². The van der Waals surface area contributed by atoms with E-state index in [0.717, 1.165) is 64.2 Å². The first-order valence-electron chi connectivity index (χ1n) is 25.1. The average molecular weight is 889 g/mol. The van der Waals surface area contributed by atoms with Crippen LogP contribution in [0.15, 0.2) is 0 Å². The third kappa shape index (κ3) is 8.13. The predicted octanol–water partition coefficient (Wildman–Crippen LogP) is 12.9. The highest BCUT2D eigenvalue weighted by Gasteiger charge is 2.67. The van der Waals surface area contributed by atoms with Crippen molar-refractivity contribution < 1.29 is 51.2 Å². The topological polar surface area (TPSA) is 87.0 Å². The minimum absolute atomic E-state index is 0.0100. The number of methoxy groups -OCH3 is 1. The summed E-state index contributed by atoms with van der Waals surface area (Å²) in [5, 5.41) is 30.0. The molecule has 0 saturated heterocycles. The number of esters is 1. The van der Waals surface area contributed by atoms with Gasteiger partial charge in [-0.1, -0.05) is 41.5 Å². The molecule has 0 amide bonds. The van der Waals surface area contributed by atoms with Crippen LogP contribution in [0, 0.1) is 92.7 Å². The Morgan fingerprint density at radius 3 is 1.37 bits per heavy atom. The summed E-state index contributed by atoms with van der Waals surface area (Å²) in [6.45, 7) is 14.4. The number of carbonyl (C=O) groups is 1. The molecular formula is C51H82F6O5. The van der Waals surface area contributed by atoms with Gasteiger partial charge in [-0.25, -0.2) is 0 Å². The van der Waals surface area contributed by atoms with E-state index in [1.165, 1.54) is 39.2 Å². The van der Waals surface area contributed by atoms with Crippen LogP contribution in [0.1, 0.15) is 183 Å². The lowest BCUT2D eigenvalue weighted by Crippen LogP contribution is -2.59. The lowest BCUT2D eigenvalue weighted by molar-refractivity contribution is -0.290. The predicted molar refractivity (Wildman–Crippen MR) is 228 cm³/mol. The van der Waals surface area contributed by atoms with Crippen LogP contribution in [0.4, 0.5) is 26.3 Å². The first kappa shape index (κ1) is 48.9. The second kappa shape index (κ2) is 17.2. The number of carbonyl (C=O) groups excluding carboxylic acids is 1. The lowest BCUT2D eigenvalue weighted by atomic mass is 9.43. The van der Waals surface area contributed by atoms with E-state index < -0.39 is 23.6 Å². The fraction of sp³-hybridized carbons (Fsp3) is 0.980. The molecule has 0 aromatic carbocycles. The number of hydrogen-bond donors (Lipinski definition) is 3. The summed E-state index contributed by atoms with van der Waals surface area (Å²) >= 11 is 0. The zero-order chi connectivity index (χ0) is 45.5. The van der Waals surface area contributed by atoms with Crippen LogP contribution in [-0.4, -0.2) is 58.6 Å². The number of aliphatic hydroxyl groups is 3. The summed E-state index contributed by atoms with van der Waals surface area (Å²) in [5.41, 5.74) is -4.50. The van der Waals surface area contributed by atoms with Gasteiger partial charge in [-0.3, -0.25) is 4.79 Å². The summed E-state index contributed by atoms with van der Waals surface area (Å²) < 4.78 is 86.0. The summed E-state index contributed by atoms with van der Waals surface area (Å²) in [6.07, 6.45) is 7.94. The normalized spacial score (nSPS) is 48.5. The molecule has 0 aromatic heterocycles. The molecule has 62 heavy (non-hydrogen) atoms. The maximum atomic E-state index is 13.5. The minimum Gasteiger partial charge on any atom is -0.469 e. The molecule has 0 radical (unpaired) electrons. The number of ether oxygens (including phenoxy) is 1. The summed E-state index contributed by atoms with van der Waals surface area (Å²) in [4.78, 5) is 11.6. The molecule has 0 aromatic rings. The fourth-order valence-corrected chi connectivity index (χ4v) is 18.2. The van der Waals surface area contributed by atoms with Gasteiger partial charge in [-0.05, 0) is 228 Å². The largest absolute Gasteiger partial charge is 0.469 e. The number of halogens is 6. The molecule has 8 aliphatic carbocycles. The van der Waals surface area contributed by atoms with Gasteiger partial charge < -0.3 is 20.1 Å². The third-order valence-corrected chi connectivity index (χ3v) is 21.9. The van der Waals surface area contributed by atoms with E-state index >= 15 is 0 Å². The molecule has 8 aliphatic rings. The van der Waals surface area contributed by atoms with Gasteiger partial charge in [0.15, 0.2) is 11.2 Å². The maximum absolute atomic E-state index is 13.5. The average Bonchev–Trinajstić information content (AvgIpc) is 3.76. The Labute approximate surface area is 369 Å². The molecule has 3 N–H and O–H groups in total. The molecule has 5 nitrogen and oxygen atoms in total. The molecule has 0 heterocycles. The Bertz CT molecular complexity index is 1590. The van der Waals surface area contributed by atoms with Crippen LogP contribution in [0.2, 0.25) is 0 Å². The van der Waals surface area contributed by atoms with Crippen LogP contribution >= 0.6 is 0 Å². The standard InChI is InChI=1S/C26H41F3O3.C25H41F3O2/c1-16(5-10-22(30)32-4)19-8-9-20-18-7-6-17-15-25(31,26(27,28)29)14-13-23(17,2)21(18)11-12-24(19,20)3;1-16(5-4-14-29)19-8-9-20-18-7-6-17-15-24(30,25(26,27)28)13-12-22(17,2)21(18)10-11-23(19,20)3/h16-21,31H,5-15H2,1-4H3;16-21,29-30H,4-15H2,1-3H3/t16-,17+,18+,19-,20+,21+,23+,24-,25+;16-,17+,18+,19-,20+,21+,22+,23-,24+/m11/s1. The molecular weight excluding hydrogens is 807 g/mol. The van der Waals surface area contributed by atoms with E-state index in [9.17, 15) is 46.5 Å². The molecule has 0 unspecified atom stereocenters. The fourth-order valence-electron chi connectivity index (χ4n) is 18.2. The second-order valence-electron chi connectivity index (χ2n) is 24.2. The number of aliphatic hydroxyl groups excluding tert-OH is 1. The number of rotatable bonds is 8. The first-order valence-corrected chi connectivity index (χ1v) is 25.1. The van der Waals surface area contributed by atoms with Gasteiger partial charge in [-0.15, -0.1) is 0 Å². The summed E-state index contributed by atoms with van der Waals surface area (Å²) in [7, 11) is 1.44. The van der Waals surface area contributed by atoms with Gasteiger partial charge in [0.2, 0.25) is 0 Å². The number of fused-ring (bicyclic) bond motifs is 10. The van der Waals surface area contributed by atoms with E-state index in [2.05, 4.69) is 41.5 Å². The minimum atomic E-state index is -4.53. The van der Waals surface area contributed by atoms with Crippen LogP contribution in [0.5, 0.6) is 0 Å². The van der Waals surface area contributed by atoms with Gasteiger partial charge in [0, 0.05) is 13.0 Å². The summed E-state index contributed by atoms with van der Waals surface area (Å²) in [6, 6.07) is 0. The summed E-state index contributed by atoms with van der Waals surface area (Å²) in [5.74, 6) is 5.77. The Hall–Kier alpha value is -1.07. The van der Waals surface area contributed by atoms with Crippen molar-refractivity contribution in [3.63, 3.8) is 0 Å². The highest BCUT2D eigenvalue weighted by Crippen LogP contribution is 2.71. The molecule has 0 spiro atoms. The van der Waals surface area contributed by atoms with Crippen molar-refractivity contribution in [2.45, 2.75) is 206 Å². The lowest BCUT2D eigenvalue weighted by Gasteiger charge is -2.62. The maximum Gasteiger partial charge on any atom is 0.417 e. The monoisotopic (exact) mass is 889 g/mol. The van der Waals surface area contributed by atoms with Gasteiger partial charge in [0.1, 0.15) is 0 Å². The van der Waals surface area contributed by atoms with Crippen molar-refractivity contribution in [3.8, 4) is 0 Å². The molecule has 0 aliphatic heterocycles. The van der Waals surface area contributed by atoms with E-state index in [-0.39, 0.29) is 66.3 Å². The second-order valence-corrected chi connectivity index (χ2v) is 24.2. The van der Waals surface area contributed by atoms with Crippen LogP contribution in [-0.2, 0) is 9.53 Å².